The Bertz CT molecular complexity index is 1220. The molecule has 2 aliphatic rings. The first-order chi connectivity index (χ1) is 15.5. The van der Waals surface area contributed by atoms with Crippen LogP contribution in [-0.2, 0) is 17.6 Å². The number of aromatic nitrogens is 2. The first kappa shape index (κ1) is 21.7. The third kappa shape index (κ3) is 4.25. The summed E-state index contributed by atoms with van der Waals surface area (Å²) in [6.45, 7) is 4.05. The number of fused-ring (bicyclic) bond motifs is 3. The summed E-state index contributed by atoms with van der Waals surface area (Å²) < 4.78 is 1.92. The number of anilines is 1. The maximum atomic E-state index is 13.7. The van der Waals surface area contributed by atoms with E-state index in [0.717, 1.165) is 72.0 Å². The summed E-state index contributed by atoms with van der Waals surface area (Å²) in [6.07, 6.45) is 8.71. The average molecular weight is 468 g/mol. The van der Waals surface area contributed by atoms with E-state index < -0.39 is 0 Å². The van der Waals surface area contributed by atoms with Crippen LogP contribution in [0.5, 0.6) is 0 Å². The molecule has 3 aromatic rings. The summed E-state index contributed by atoms with van der Waals surface area (Å²) in [7, 11) is 0. The summed E-state index contributed by atoms with van der Waals surface area (Å²) in [5.41, 5.74) is 4.41. The number of thiophene rings is 1. The van der Waals surface area contributed by atoms with Gasteiger partial charge in [0.15, 0.2) is 5.16 Å². The van der Waals surface area contributed by atoms with E-state index in [-0.39, 0.29) is 23.3 Å². The smallest absolute Gasteiger partial charge is 0.263 e. The molecule has 1 fully saturated rings. The van der Waals surface area contributed by atoms with Crippen molar-refractivity contribution >= 4 is 44.9 Å². The Morgan fingerprint density at radius 2 is 1.84 bits per heavy atom. The molecular formula is C25H29N3O2S2. The first-order valence-corrected chi connectivity index (χ1v) is 13.4. The van der Waals surface area contributed by atoms with Crippen LogP contribution in [0.1, 0.15) is 66.1 Å². The molecular weight excluding hydrogens is 438 g/mol. The molecule has 7 heteroatoms. The summed E-state index contributed by atoms with van der Waals surface area (Å²) >= 11 is 3.07. The highest BCUT2D eigenvalue weighted by molar-refractivity contribution is 7.99. The molecule has 1 amide bonds. The van der Waals surface area contributed by atoms with E-state index in [2.05, 4.69) is 11.4 Å². The molecule has 0 unspecified atom stereocenters. The average Bonchev–Trinajstić information content (AvgIpc) is 3.39. The number of nitrogens with one attached hydrogen (secondary N) is 1. The van der Waals surface area contributed by atoms with Crippen molar-refractivity contribution in [2.75, 3.05) is 11.1 Å². The highest BCUT2D eigenvalue weighted by Gasteiger charge is 2.27. The number of rotatable bonds is 5. The second-order valence-electron chi connectivity index (χ2n) is 9.11. The maximum absolute atomic E-state index is 13.7. The highest BCUT2D eigenvalue weighted by atomic mass is 32.2. The molecule has 0 saturated heterocycles. The van der Waals surface area contributed by atoms with E-state index in [1.165, 1.54) is 28.6 Å². The minimum atomic E-state index is -0.0715. The van der Waals surface area contributed by atoms with Gasteiger partial charge in [-0.1, -0.05) is 30.7 Å². The third-order valence-corrected chi connectivity index (χ3v) is 8.65. The Hall–Kier alpha value is -2.12. The standard InChI is InChI=1S/C25H29N3O2S2/c1-15-11-16(2)13-17(12-15)26-21(29)14-31-25-27-23-22(19-9-5-6-10-20(19)32-23)24(30)28(25)18-7-3-4-8-18/h11-13,18H,3-10,14H2,1-2H3,(H,26,29). The summed E-state index contributed by atoms with van der Waals surface area (Å²) in [4.78, 5) is 33.5. The zero-order valence-corrected chi connectivity index (χ0v) is 20.3. The zero-order chi connectivity index (χ0) is 22.2. The molecule has 2 aromatic heterocycles. The van der Waals surface area contributed by atoms with Crippen molar-refractivity contribution in [1.82, 2.24) is 9.55 Å². The molecule has 168 valence electrons. The number of carbonyl (C=O) groups excluding carboxylic acids is 1. The van der Waals surface area contributed by atoms with Gasteiger partial charge in [-0.3, -0.25) is 14.2 Å². The number of thioether (sulfide) groups is 1. The van der Waals surface area contributed by atoms with Gasteiger partial charge < -0.3 is 5.32 Å². The van der Waals surface area contributed by atoms with E-state index in [0.29, 0.717) is 5.16 Å². The predicted molar refractivity (Wildman–Crippen MR) is 133 cm³/mol. The van der Waals surface area contributed by atoms with Gasteiger partial charge in [0.1, 0.15) is 4.83 Å². The van der Waals surface area contributed by atoms with Gasteiger partial charge in [0.2, 0.25) is 5.91 Å². The minimum Gasteiger partial charge on any atom is -0.325 e. The highest BCUT2D eigenvalue weighted by Crippen LogP contribution is 2.37. The fourth-order valence-electron chi connectivity index (χ4n) is 5.16. The Morgan fingerprint density at radius 1 is 1.12 bits per heavy atom. The molecule has 2 aliphatic carbocycles. The Balaban J connectivity index is 1.45. The summed E-state index contributed by atoms with van der Waals surface area (Å²) in [6, 6.07) is 6.24. The quantitative estimate of drug-likeness (QED) is 0.380. The van der Waals surface area contributed by atoms with Crippen LogP contribution in [0.4, 0.5) is 5.69 Å². The van der Waals surface area contributed by atoms with Crippen molar-refractivity contribution in [3.8, 4) is 0 Å². The van der Waals surface area contributed by atoms with Gasteiger partial charge in [-0.2, -0.15) is 0 Å². The minimum absolute atomic E-state index is 0.0715. The second kappa shape index (κ2) is 9.02. The number of aryl methyl sites for hydroxylation is 4. The first-order valence-electron chi connectivity index (χ1n) is 11.6. The largest absolute Gasteiger partial charge is 0.325 e. The fourth-order valence-corrected chi connectivity index (χ4v) is 7.33. The molecule has 2 heterocycles. The number of hydrogen-bond acceptors (Lipinski definition) is 5. The molecule has 0 bridgehead atoms. The van der Waals surface area contributed by atoms with Crippen molar-refractivity contribution in [3.05, 3.63) is 50.1 Å². The lowest BCUT2D eigenvalue weighted by atomic mass is 9.97. The molecule has 0 atom stereocenters. The van der Waals surface area contributed by atoms with Crippen LogP contribution in [0, 0.1) is 13.8 Å². The molecule has 0 aliphatic heterocycles. The number of amides is 1. The summed E-state index contributed by atoms with van der Waals surface area (Å²) in [5.74, 6) is 0.167. The molecule has 32 heavy (non-hydrogen) atoms. The number of benzene rings is 1. The molecule has 5 rings (SSSR count). The lowest BCUT2D eigenvalue weighted by molar-refractivity contribution is -0.113. The molecule has 1 N–H and O–H groups in total. The lowest BCUT2D eigenvalue weighted by Crippen LogP contribution is -2.27. The lowest BCUT2D eigenvalue weighted by Gasteiger charge is -2.18. The van der Waals surface area contributed by atoms with E-state index >= 15 is 0 Å². The van der Waals surface area contributed by atoms with Gasteiger partial charge >= 0.3 is 0 Å². The van der Waals surface area contributed by atoms with E-state index in [1.807, 2.05) is 30.5 Å². The van der Waals surface area contributed by atoms with Crippen LogP contribution in [0.25, 0.3) is 10.2 Å². The molecule has 5 nitrogen and oxygen atoms in total. The van der Waals surface area contributed by atoms with Crippen LogP contribution in [0.3, 0.4) is 0 Å². The zero-order valence-electron chi connectivity index (χ0n) is 18.7. The topological polar surface area (TPSA) is 64.0 Å². The van der Waals surface area contributed by atoms with Gasteiger partial charge in [-0.15, -0.1) is 11.3 Å². The Labute approximate surface area is 196 Å². The van der Waals surface area contributed by atoms with Gasteiger partial charge in [0.05, 0.1) is 11.1 Å². The van der Waals surface area contributed by atoms with E-state index in [9.17, 15) is 9.59 Å². The van der Waals surface area contributed by atoms with Gasteiger partial charge in [-0.25, -0.2) is 4.98 Å². The summed E-state index contributed by atoms with van der Waals surface area (Å²) in [5, 5.41) is 4.55. The Kier molecular flexibility index (Phi) is 6.12. The monoisotopic (exact) mass is 467 g/mol. The van der Waals surface area contributed by atoms with Crippen LogP contribution in [0.15, 0.2) is 28.2 Å². The van der Waals surface area contributed by atoms with Crippen LogP contribution < -0.4 is 10.9 Å². The van der Waals surface area contributed by atoms with Crippen molar-refractivity contribution < 1.29 is 4.79 Å². The molecule has 0 radical (unpaired) electrons. The number of hydrogen-bond donors (Lipinski definition) is 1. The molecule has 1 aromatic carbocycles. The van der Waals surface area contributed by atoms with Crippen molar-refractivity contribution in [1.29, 1.82) is 0 Å². The van der Waals surface area contributed by atoms with Crippen molar-refractivity contribution in [2.45, 2.75) is 76.4 Å². The maximum Gasteiger partial charge on any atom is 0.263 e. The van der Waals surface area contributed by atoms with Gasteiger partial charge in [0, 0.05) is 16.6 Å². The van der Waals surface area contributed by atoms with E-state index in [1.54, 1.807) is 11.3 Å². The van der Waals surface area contributed by atoms with Crippen molar-refractivity contribution in [3.63, 3.8) is 0 Å². The van der Waals surface area contributed by atoms with Gasteiger partial charge in [0.25, 0.3) is 5.56 Å². The third-order valence-electron chi connectivity index (χ3n) is 6.52. The number of carbonyl (C=O) groups is 1. The predicted octanol–water partition coefficient (Wildman–Crippen LogP) is 5.80. The SMILES string of the molecule is Cc1cc(C)cc(NC(=O)CSc2nc3sc4c(c3c(=O)n2C2CCCC2)CCCC4)c1. The van der Waals surface area contributed by atoms with Gasteiger partial charge in [-0.05, 0) is 81.2 Å². The number of nitrogens with zero attached hydrogens (tertiary/aromatic N) is 2. The molecule has 1 saturated carbocycles. The van der Waals surface area contributed by atoms with E-state index in [4.69, 9.17) is 4.98 Å². The van der Waals surface area contributed by atoms with Crippen molar-refractivity contribution in [2.24, 2.45) is 0 Å². The normalized spacial score (nSPS) is 16.4. The second-order valence-corrected chi connectivity index (χ2v) is 11.1. The van der Waals surface area contributed by atoms with Crippen LogP contribution >= 0.6 is 23.1 Å². The molecule has 0 spiro atoms. The fraction of sp³-hybridized carbons (Fsp3) is 0.480. The Morgan fingerprint density at radius 3 is 2.59 bits per heavy atom. The van der Waals surface area contributed by atoms with Crippen LogP contribution in [0.2, 0.25) is 0 Å². The van der Waals surface area contributed by atoms with Crippen LogP contribution in [-0.4, -0.2) is 21.2 Å².